The first kappa shape index (κ1) is 14.2. The summed E-state index contributed by atoms with van der Waals surface area (Å²) in [6.07, 6.45) is 4.69. The summed E-state index contributed by atoms with van der Waals surface area (Å²) in [4.78, 5) is 5.64. The molecule has 4 heteroatoms. The Balaban J connectivity index is 1.84. The third-order valence-electron chi connectivity index (χ3n) is 3.07. The molecule has 2 rings (SSSR count). The minimum absolute atomic E-state index is 0.138. The van der Waals surface area contributed by atoms with E-state index in [1.165, 1.54) is 10.5 Å². The fourth-order valence-electron chi connectivity index (χ4n) is 1.95. The average Bonchev–Trinajstić information content (AvgIpc) is 2.85. The van der Waals surface area contributed by atoms with Gasteiger partial charge in [-0.15, -0.1) is 11.8 Å². The summed E-state index contributed by atoms with van der Waals surface area (Å²) in [5.74, 6) is 2.00. The van der Waals surface area contributed by atoms with Crippen LogP contribution in [0.2, 0.25) is 0 Å². The van der Waals surface area contributed by atoms with Gasteiger partial charge in [-0.1, -0.05) is 17.7 Å². The largest absolute Gasteiger partial charge is 0.335 e. The maximum Gasteiger partial charge on any atom is 0.110 e. The lowest BCUT2D eigenvalue weighted by Gasteiger charge is -2.12. The second kappa shape index (κ2) is 6.78. The Hall–Kier alpha value is -1.26. The Morgan fingerprint density at radius 3 is 2.74 bits per heavy atom. The molecule has 1 aromatic carbocycles. The maximum atomic E-state index is 6.19. The third-order valence-corrected chi connectivity index (χ3v) is 4.27. The van der Waals surface area contributed by atoms with E-state index in [1.54, 1.807) is 0 Å². The molecule has 0 amide bonds. The van der Waals surface area contributed by atoms with E-state index in [2.05, 4.69) is 47.7 Å². The molecule has 2 N–H and O–H groups in total. The van der Waals surface area contributed by atoms with Gasteiger partial charge < -0.3 is 10.3 Å². The Kier molecular flexibility index (Phi) is 5.05. The summed E-state index contributed by atoms with van der Waals surface area (Å²) in [5.41, 5.74) is 7.48. The second-order valence-corrected chi connectivity index (χ2v) is 5.81. The Morgan fingerprint density at radius 2 is 2.05 bits per heavy atom. The topological polar surface area (TPSA) is 43.8 Å². The predicted octanol–water partition coefficient (Wildman–Crippen LogP) is 2.87. The molecule has 0 spiro atoms. The van der Waals surface area contributed by atoms with Gasteiger partial charge in [0.2, 0.25) is 0 Å². The maximum absolute atomic E-state index is 6.19. The second-order valence-electron chi connectivity index (χ2n) is 4.72. The highest BCUT2D eigenvalue weighted by Gasteiger charge is 2.09. The first-order valence-electron chi connectivity index (χ1n) is 6.64. The van der Waals surface area contributed by atoms with Gasteiger partial charge in [0, 0.05) is 42.0 Å². The van der Waals surface area contributed by atoms with E-state index in [0.29, 0.717) is 0 Å². The molecule has 0 radical (unpaired) electrons. The molecule has 0 saturated heterocycles. The molecule has 0 bridgehead atoms. The lowest BCUT2D eigenvalue weighted by molar-refractivity contribution is 0.641. The van der Waals surface area contributed by atoms with Crippen molar-refractivity contribution in [1.29, 1.82) is 0 Å². The molecule has 0 aliphatic heterocycles. The number of nitrogens with two attached hydrogens (primary N) is 1. The fourth-order valence-corrected chi connectivity index (χ4v) is 2.80. The number of benzene rings is 1. The van der Waals surface area contributed by atoms with E-state index in [1.807, 2.05) is 24.2 Å². The number of thioether (sulfide) groups is 1. The number of aromatic nitrogens is 2. The van der Waals surface area contributed by atoms with Gasteiger partial charge in [0.1, 0.15) is 5.82 Å². The molecule has 1 unspecified atom stereocenters. The molecule has 19 heavy (non-hydrogen) atoms. The summed E-state index contributed by atoms with van der Waals surface area (Å²) < 4.78 is 2.15. The monoisotopic (exact) mass is 275 g/mol. The third kappa shape index (κ3) is 4.11. The minimum Gasteiger partial charge on any atom is -0.335 e. The predicted molar refractivity (Wildman–Crippen MR) is 81.5 cm³/mol. The molecule has 0 saturated carbocycles. The van der Waals surface area contributed by atoms with Crippen LogP contribution in [-0.4, -0.2) is 21.3 Å². The number of hydrogen-bond donors (Lipinski definition) is 1. The van der Waals surface area contributed by atoms with Gasteiger partial charge in [0.25, 0.3) is 0 Å². The van der Waals surface area contributed by atoms with Crippen molar-refractivity contribution in [3.8, 4) is 0 Å². The number of hydrogen-bond acceptors (Lipinski definition) is 3. The van der Waals surface area contributed by atoms with E-state index < -0.39 is 0 Å². The van der Waals surface area contributed by atoms with Crippen LogP contribution in [0.15, 0.2) is 41.6 Å². The van der Waals surface area contributed by atoms with E-state index in [9.17, 15) is 0 Å². The Labute approximate surface area is 119 Å². The zero-order chi connectivity index (χ0) is 13.7. The highest BCUT2D eigenvalue weighted by molar-refractivity contribution is 7.99. The summed E-state index contributed by atoms with van der Waals surface area (Å²) >= 11 is 1.81. The van der Waals surface area contributed by atoms with Crippen LogP contribution in [0, 0.1) is 6.92 Å². The van der Waals surface area contributed by atoms with Gasteiger partial charge in [-0.2, -0.15) is 0 Å². The van der Waals surface area contributed by atoms with Gasteiger partial charge in [-0.25, -0.2) is 4.98 Å². The van der Waals surface area contributed by atoms with Crippen LogP contribution in [0.4, 0.5) is 0 Å². The highest BCUT2D eigenvalue weighted by Crippen LogP contribution is 2.19. The van der Waals surface area contributed by atoms with Crippen molar-refractivity contribution < 1.29 is 0 Å². The van der Waals surface area contributed by atoms with Gasteiger partial charge in [-0.3, -0.25) is 0 Å². The van der Waals surface area contributed by atoms with Crippen LogP contribution < -0.4 is 5.73 Å². The van der Waals surface area contributed by atoms with Crippen molar-refractivity contribution >= 4 is 11.8 Å². The summed E-state index contributed by atoms with van der Waals surface area (Å²) in [5, 5.41) is 0. The van der Waals surface area contributed by atoms with E-state index in [-0.39, 0.29) is 6.04 Å². The van der Waals surface area contributed by atoms with Crippen molar-refractivity contribution in [3.63, 3.8) is 0 Å². The molecule has 0 aliphatic carbocycles. The van der Waals surface area contributed by atoms with Gasteiger partial charge in [0.15, 0.2) is 0 Å². The number of aryl methyl sites for hydroxylation is 2. The van der Waals surface area contributed by atoms with Crippen LogP contribution in [-0.2, 0) is 13.0 Å². The Morgan fingerprint density at radius 1 is 1.32 bits per heavy atom. The van der Waals surface area contributed by atoms with E-state index >= 15 is 0 Å². The zero-order valence-corrected chi connectivity index (χ0v) is 12.4. The van der Waals surface area contributed by atoms with Gasteiger partial charge >= 0.3 is 0 Å². The van der Waals surface area contributed by atoms with Crippen molar-refractivity contribution in [2.45, 2.75) is 37.8 Å². The average molecular weight is 275 g/mol. The van der Waals surface area contributed by atoms with Crippen LogP contribution >= 0.6 is 11.8 Å². The van der Waals surface area contributed by atoms with Crippen LogP contribution in [0.25, 0.3) is 0 Å². The van der Waals surface area contributed by atoms with E-state index in [4.69, 9.17) is 5.73 Å². The molecule has 0 fully saturated rings. The first-order valence-corrected chi connectivity index (χ1v) is 7.62. The lowest BCUT2D eigenvalue weighted by Crippen LogP contribution is -2.27. The van der Waals surface area contributed by atoms with Crippen molar-refractivity contribution in [3.05, 3.63) is 48.0 Å². The molecule has 0 aliphatic rings. The first-order chi connectivity index (χ1) is 9.19. The molecular weight excluding hydrogens is 254 g/mol. The van der Waals surface area contributed by atoms with Crippen LogP contribution in [0.3, 0.4) is 0 Å². The molecule has 3 nitrogen and oxygen atoms in total. The lowest BCUT2D eigenvalue weighted by atomic mass is 10.2. The summed E-state index contributed by atoms with van der Waals surface area (Å²) in [6, 6.07) is 8.72. The van der Waals surface area contributed by atoms with Crippen molar-refractivity contribution in [2.24, 2.45) is 5.73 Å². The molecule has 2 aromatic rings. The smallest absolute Gasteiger partial charge is 0.110 e. The van der Waals surface area contributed by atoms with E-state index in [0.717, 1.165) is 24.5 Å². The molecule has 102 valence electrons. The molecule has 1 heterocycles. The number of nitrogens with zero attached hydrogens (tertiary/aromatic N) is 2. The number of rotatable bonds is 6. The molecule has 1 atom stereocenters. The van der Waals surface area contributed by atoms with Crippen molar-refractivity contribution in [1.82, 2.24) is 9.55 Å². The molecule has 1 aromatic heterocycles. The minimum atomic E-state index is 0.138. The number of imidazole rings is 1. The standard InChI is InChI=1S/C15H21N3S/c1-3-18-9-8-17-15(18)10-13(16)11-19-14-6-4-12(2)5-7-14/h4-9,13H,3,10-11,16H2,1-2H3. The van der Waals surface area contributed by atoms with Crippen LogP contribution in [0.5, 0.6) is 0 Å². The van der Waals surface area contributed by atoms with Gasteiger partial charge in [-0.05, 0) is 26.0 Å². The van der Waals surface area contributed by atoms with Crippen LogP contribution in [0.1, 0.15) is 18.3 Å². The summed E-state index contributed by atoms with van der Waals surface area (Å²) in [6.45, 7) is 5.18. The quantitative estimate of drug-likeness (QED) is 0.824. The van der Waals surface area contributed by atoms with Gasteiger partial charge in [0.05, 0.1) is 0 Å². The Bertz CT molecular complexity index is 504. The molecular formula is C15H21N3S. The zero-order valence-electron chi connectivity index (χ0n) is 11.5. The highest BCUT2D eigenvalue weighted by atomic mass is 32.2. The SMILES string of the molecule is CCn1ccnc1CC(N)CSc1ccc(C)cc1. The normalized spacial score (nSPS) is 12.6. The summed E-state index contributed by atoms with van der Waals surface area (Å²) in [7, 11) is 0. The van der Waals surface area contributed by atoms with Crippen molar-refractivity contribution in [2.75, 3.05) is 5.75 Å². The fraction of sp³-hybridized carbons (Fsp3) is 0.400.